The van der Waals surface area contributed by atoms with E-state index in [1.54, 1.807) is 12.4 Å². The van der Waals surface area contributed by atoms with Crippen molar-refractivity contribution in [2.24, 2.45) is 5.92 Å². The maximum atomic E-state index is 10.0. The van der Waals surface area contributed by atoms with E-state index in [9.17, 15) is 5.11 Å². The Morgan fingerprint density at radius 1 is 1.47 bits per heavy atom. The molecule has 0 aromatic carbocycles. The number of aliphatic hydroxyl groups is 1. The Morgan fingerprint density at radius 3 is 2.93 bits per heavy atom. The molecule has 15 heavy (non-hydrogen) atoms. The maximum absolute atomic E-state index is 10.0. The highest BCUT2D eigenvalue weighted by atomic mass is 16.3. The van der Waals surface area contributed by atoms with Crippen LogP contribution in [0, 0.1) is 5.92 Å². The normalized spacial score (nSPS) is 20.1. The zero-order chi connectivity index (χ0) is 10.5. The lowest BCUT2D eigenvalue weighted by Gasteiger charge is -2.24. The molecule has 1 aromatic rings. The molecule has 0 saturated carbocycles. The number of aliphatic hydroxyl groups excluding tert-OH is 1. The van der Waals surface area contributed by atoms with Gasteiger partial charge in [0.15, 0.2) is 0 Å². The van der Waals surface area contributed by atoms with Gasteiger partial charge in [-0.25, -0.2) is 0 Å². The van der Waals surface area contributed by atoms with Crippen LogP contribution in [0.25, 0.3) is 0 Å². The van der Waals surface area contributed by atoms with Gasteiger partial charge < -0.3 is 10.4 Å². The third-order valence-electron chi connectivity index (χ3n) is 3.08. The van der Waals surface area contributed by atoms with E-state index in [1.807, 2.05) is 12.1 Å². The molecule has 1 saturated heterocycles. The van der Waals surface area contributed by atoms with Gasteiger partial charge in [0.1, 0.15) is 0 Å². The molecule has 0 bridgehead atoms. The van der Waals surface area contributed by atoms with E-state index in [4.69, 9.17) is 0 Å². The van der Waals surface area contributed by atoms with Crippen molar-refractivity contribution in [3.05, 3.63) is 30.1 Å². The smallest absolute Gasteiger partial charge is 0.0807 e. The van der Waals surface area contributed by atoms with Crippen molar-refractivity contribution in [2.45, 2.75) is 25.4 Å². The fourth-order valence-electron chi connectivity index (χ4n) is 2.14. The predicted octanol–water partition coefficient (Wildman–Crippen LogP) is 1.50. The Bertz CT molecular complexity index is 283. The second-order valence-electron chi connectivity index (χ2n) is 4.23. The average molecular weight is 206 g/mol. The van der Waals surface area contributed by atoms with E-state index in [1.165, 1.54) is 12.8 Å². The molecule has 0 aliphatic carbocycles. The number of hydrogen-bond acceptors (Lipinski definition) is 3. The van der Waals surface area contributed by atoms with E-state index >= 15 is 0 Å². The number of nitrogens with zero attached hydrogens (tertiary/aromatic N) is 1. The first kappa shape index (κ1) is 10.6. The number of hydrogen-bond donors (Lipinski definition) is 2. The quantitative estimate of drug-likeness (QED) is 0.788. The molecule has 82 valence electrons. The first-order valence-corrected chi connectivity index (χ1v) is 5.65. The maximum Gasteiger partial charge on any atom is 0.0807 e. The first-order valence-electron chi connectivity index (χ1n) is 5.65. The Kier molecular flexibility index (Phi) is 3.69. The second kappa shape index (κ2) is 5.24. The number of nitrogens with one attached hydrogen (secondary N) is 1. The zero-order valence-corrected chi connectivity index (χ0v) is 8.89. The van der Waals surface area contributed by atoms with Crippen LogP contribution in [0.2, 0.25) is 0 Å². The molecule has 1 aliphatic heterocycles. The lowest BCUT2D eigenvalue weighted by Crippen LogP contribution is -2.28. The lowest BCUT2D eigenvalue weighted by atomic mass is 9.90. The van der Waals surface area contributed by atoms with Gasteiger partial charge >= 0.3 is 0 Å². The van der Waals surface area contributed by atoms with Crippen molar-refractivity contribution in [3.63, 3.8) is 0 Å². The van der Waals surface area contributed by atoms with Crippen LogP contribution in [-0.2, 0) is 0 Å². The van der Waals surface area contributed by atoms with Gasteiger partial charge in [-0.1, -0.05) is 6.07 Å². The van der Waals surface area contributed by atoms with Crippen LogP contribution in [-0.4, -0.2) is 23.2 Å². The molecule has 0 amide bonds. The highest BCUT2D eigenvalue weighted by Gasteiger charge is 2.18. The number of piperidine rings is 1. The largest absolute Gasteiger partial charge is 0.388 e. The van der Waals surface area contributed by atoms with E-state index in [2.05, 4.69) is 10.3 Å². The van der Waals surface area contributed by atoms with Crippen LogP contribution in [0.4, 0.5) is 0 Å². The Labute approximate surface area is 90.5 Å². The predicted molar refractivity (Wildman–Crippen MR) is 59.4 cm³/mol. The topological polar surface area (TPSA) is 45.1 Å². The van der Waals surface area contributed by atoms with E-state index in [-0.39, 0.29) is 6.10 Å². The number of aromatic nitrogens is 1. The average Bonchev–Trinajstić information content (AvgIpc) is 2.31. The zero-order valence-electron chi connectivity index (χ0n) is 8.89. The third-order valence-corrected chi connectivity index (χ3v) is 3.08. The van der Waals surface area contributed by atoms with Crippen molar-refractivity contribution in [1.29, 1.82) is 0 Å². The number of rotatable bonds is 3. The summed E-state index contributed by atoms with van der Waals surface area (Å²) in [5, 5.41) is 13.3. The Hall–Kier alpha value is -0.930. The van der Waals surface area contributed by atoms with Crippen LogP contribution < -0.4 is 5.32 Å². The molecular weight excluding hydrogens is 188 g/mol. The highest BCUT2D eigenvalue weighted by Crippen LogP contribution is 2.25. The molecule has 1 unspecified atom stereocenters. The molecule has 1 aromatic heterocycles. The van der Waals surface area contributed by atoms with Crippen LogP contribution in [0.3, 0.4) is 0 Å². The molecular formula is C12H18N2O. The van der Waals surface area contributed by atoms with Gasteiger partial charge in [-0.05, 0) is 49.9 Å². The van der Waals surface area contributed by atoms with Gasteiger partial charge in [0, 0.05) is 12.4 Å². The summed E-state index contributed by atoms with van der Waals surface area (Å²) in [5.41, 5.74) is 0.941. The Balaban J connectivity index is 1.88. The number of pyridine rings is 1. The third kappa shape index (κ3) is 3.01. The molecule has 1 fully saturated rings. The summed E-state index contributed by atoms with van der Waals surface area (Å²) in [6.07, 6.45) is 6.37. The first-order chi connectivity index (χ1) is 7.36. The minimum absolute atomic E-state index is 0.346. The summed E-state index contributed by atoms with van der Waals surface area (Å²) < 4.78 is 0. The summed E-state index contributed by atoms with van der Waals surface area (Å²) in [5.74, 6) is 0.654. The Morgan fingerprint density at radius 2 is 2.27 bits per heavy atom. The van der Waals surface area contributed by atoms with Gasteiger partial charge in [-0.2, -0.15) is 0 Å². The van der Waals surface area contributed by atoms with Crippen LogP contribution in [0.1, 0.15) is 30.9 Å². The van der Waals surface area contributed by atoms with Crippen LogP contribution >= 0.6 is 0 Å². The van der Waals surface area contributed by atoms with Gasteiger partial charge in [-0.15, -0.1) is 0 Å². The molecule has 2 N–H and O–H groups in total. The minimum Gasteiger partial charge on any atom is -0.388 e. The fraction of sp³-hybridized carbons (Fsp3) is 0.583. The summed E-state index contributed by atoms with van der Waals surface area (Å²) in [4.78, 5) is 4.03. The van der Waals surface area contributed by atoms with Gasteiger partial charge in [0.05, 0.1) is 6.10 Å². The van der Waals surface area contributed by atoms with Gasteiger partial charge in [-0.3, -0.25) is 4.98 Å². The SMILES string of the molecule is OC(CC1CCNCC1)c1cccnc1. The molecule has 2 rings (SSSR count). The second-order valence-corrected chi connectivity index (χ2v) is 4.23. The van der Waals surface area contributed by atoms with E-state index in [0.717, 1.165) is 25.1 Å². The summed E-state index contributed by atoms with van der Waals surface area (Å²) in [7, 11) is 0. The van der Waals surface area contributed by atoms with Gasteiger partial charge in [0.2, 0.25) is 0 Å². The van der Waals surface area contributed by atoms with Crippen molar-refractivity contribution in [1.82, 2.24) is 10.3 Å². The lowest BCUT2D eigenvalue weighted by molar-refractivity contribution is 0.133. The van der Waals surface area contributed by atoms with Crippen molar-refractivity contribution in [3.8, 4) is 0 Å². The van der Waals surface area contributed by atoms with Crippen molar-refractivity contribution >= 4 is 0 Å². The molecule has 3 nitrogen and oxygen atoms in total. The van der Waals surface area contributed by atoms with Gasteiger partial charge in [0.25, 0.3) is 0 Å². The molecule has 3 heteroatoms. The van der Waals surface area contributed by atoms with Crippen LogP contribution in [0.5, 0.6) is 0 Å². The van der Waals surface area contributed by atoms with E-state index in [0.29, 0.717) is 5.92 Å². The standard InChI is InChI=1S/C12H18N2O/c15-12(11-2-1-5-14-9-11)8-10-3-6-13-7-4-10/h1-2,5,9-10,12-13,15H,3-4,6-8H2. The van der Waals surface area contributed by atoms with Crippen molar-refractivity contribution < 1.29 is 5.11 Å². The minimum atomic E-state index is -0.346. The van der Waals surface area contributed by atoms with E-state index < -0.39 is 0 Å². The molecule has 2 heterocycles. The summed E-state index contributed by atoms with van der Waals surface area (Å²) >= 11 is 0. The van der Waals surface area contributed by atoms with Crippen molar-refractivity contribution in [2.75, 3.05) is 13.1 Å². The summed E-state index contributed by atoms with van der Waals surface area (Å²) in [6.45, 7) is 2.18. The van der Waals surface area contributed by atoms with Crippen LogP contribution in [0.15, 0.2) is 24.5 Å². The molecule has 0 radical (unpaired) electrons. The molecule has 1 atom stereocenters. The molecule has 0 spiro atoms. The summed E-state index contributed by atoms with van der Waals surface area (Å²) in [6, 6.07) is 3.82. The monoisotopic (exact) mass is 206 g/mol. The fourth-order valence-corrected chi connectivity index (χ4v) is 2.14. The molecule has 1 aliphatic rings. The highest BCUT2D eigenvalue weighted by molar-refractivity contribution is 5.11.